The van der Waals surface area contributed by atoms with Gasteiger partial charge in [0.15, 0.2) is 5.65 Å². The van der Waals surface area contributed by atoms with Crippen molar-refractivity contribution in [1.29, 1.82) is 5.26 Å². The van der Waals surface area contributed by atoms with Gasteiger partial charge in [0.1, 0.15) is 6.07 Å². The van der Waals surface area contributed by atoms with Gasteiger partial charge in [0.05, 0.1) is 17.5 Å². The van der Waals surface area contributed by atoms with E-state index in [2.05, 4.69) is 16.2 Å². The van der Waals surface area contributed by atoms with Crippen LogP contribution in [0.25, 0.3) is 5.65 Å². The third kappa shape index (κ3) is 1.46. The van der Waals surface area contributed by atoms with E-state index in [9.17, 15) is 0 Å². The van der Waals surface area contributed by atoms with Gasteiger partial charge in [-0.2, -0.15) is 10.4 Å². The number of nitriles is 1. The summed E-state index contributed by atoms with van der Waals surface area (Å²) in [5, 5.41) is 12.7. The molecule has 0 radical (unpaired) electrons. The highest BCUT2D eigenvalue weighted by molar-refractivity contribution is 5.85. The molecule has 0 saturated heterocycles. The highest BCUT2D eigenvalue weighted by atomic mass is 35.5. The number of aromatic nitrogens is 3. The van der Waals surface area contributed by atoms with Crippen molar-refractivity contribution in [2.45, 2.75) is 6.92 Å². The first-order chi connectivity index (χ1) is 5.81. The van der Waals surface area contributed by atoms with Crippen molar-refractivity contribution in [3.05, 3.63) is 29.7 Å². The van der Waals surface area contributed by atoms with Gasteiger partial charge < -0.3 is 0 Å². The molecule has 0 saturated carbocycles. The van der Waals surface area contributed by atoms with Gasteiger partial charge in [-0.1, -0.05) is 0 Å². The summed E-state index contributed by atoms with van der Waals surface area (Å²) in [5.41, 5.74) is 2.04. The van der Waals surface area contributed by atoms with Crippen LogP contribution in [0.5, 0.6) is 0 Å². The molecule has 5 heteroatoms. The molecule has 0 spiro atoms. The largest absolute Gasteiger partial charge is 0.231 e. The molecule has 2 rings (SSSR count). The molecule has 0 aromatic carbocycles. The van der Waals surface area contributed by atoms with Gasteiger partial charge in [-0.3, -0.25) is 0 Å². The topological polar surface area (TPSA) is 54.0 Å². The van der Waals surface area contributed by atoms with E-state index >= 15 is 0 Å². The molecule has 0 fully saturated rings. The van der Waals surface area contributed by atoms with Crippen LogP contribution in [0.15, 0.2) is 18.5 Å². The molecule has 2 aromatic heterocycles. The minimum Gasteiger partial charge on any atom is -0.231 e. The zero-order valence-corrected chi connectivity index (χ0v) is 7.75. The summed E-state index contributed by atoms with van der Waals surface area (Å²) >= 11 is 0. The third-order valence-corrected chi connectivity index (χ3v) is 1.60. The van der Waals surface area contributed by atoms with E-state index in [1.165, 1.54) is 0 Å². The van der Waals surface area contributed by atoms with Crippen molar-refractivity contribution in [3.63, 3.8) is 0 Å². The molecule has 2 aromatic rings. The summed E-state index contributed by atoms with van der Waals surface area (Å²) in [4.78, 5) is 4.16. The maximum Gasteiger partial charge on any atom is 0.171 e. The van der Waals surface area contributed by atoms with Crippen molar-refractivity contribution in [2.75, 3.05) is 0 Å². The molecular formula is C8H7ClN4. The molecule has 0 bridgehead atoms. The molecule has 0 N–H and O–H groups in total. The van der Waals surface area contributed by atoms with E-state index in [-0.39, 0.29) is 12.4 Å². The van der Waals surface area contributed by atoms with E-state index in [0.717, 1.165) is 5.69 Å². The summed E-state index contributed by atoms with van der Waals surface area (Å²) in [6, 6.07) is 3.71. The average Bonchev–Trinajstić information content (AvgIpc) is 2.44. The Bertz CT molecular complexity index is 468. The summed E-state index contributed by atoms with van der Waals surface area (Å²) < 4.78 is 1.61. The van der Waals surface area contributed by atoms with Crippen molar-refractivity contribution in [1.82, 2.24) is 14.6 Å². The predicted molar refractivity (Wildman–Crippen MR) is 49.7 cm³/mol. The Balaban J connectivity index is 0.000000845. The number of aryl methyl sites for hydroxylation is 1. The summed E-state index contributed by atoms with van der Waals surface area (Å²) in [6.07, 6.45) is 3.38. The molecule has 0 aliphatic carbocycles. The highest BCUT2D eigenvalue weighted by Gasteiger charge is 2.02. The minimum atomic E-state index is 0. The van der Waals surface area contributed by atoms with Crippen LogP contribution in [0.1, 0.15) is 11.3 Å². The first kappa shape index (κ1) is 9.49. The maximum absolute atomic E-state index is 8.71. The standard InChI is InChI=1S/C8H6N4.ClH/c1-6-5-12-8(11-6)7(4-9)2-3-10-12;/h2-3,5H,1H3;1H. The fraction of sp³-hybridized carbons (Fsp3) is 0.125. The van der Waals surface area contributed by atoms with Crippen LogP contribution in [-0.2, 0) is 0 Å². The van der Waals surface area contributed by atoms with Crippen molar-refractivity contribution >= 4 is 18.1 Å². The van der Waals surface area contributed by atoms with Crippen LogP contribution in [0, 0.1) is 18.3 Å². The van der Waals surface area contributed by atoms with Crippen molar-refractivity contribution < 1.29 is 0 Å². The van der Waals surface area contributed by atoms with Gasteiger partial charge in [0, 0.05) is 6.20 Å². The smallest absolute Gasteiger partial charge is 0.171 e. The normalized spacial score (nSPS) is 9.23. The molecule has 0 unspecified atom stereocenters. The lowest BCUT2D eigenvalue weighted by molar-refractivity contribution is 0.931. The Labute approximate surface area is 81.2 Å². The molecule has 66 valence electrons. The Kier molecular flexibility index (Phi) is 2.49. The first-order valence-corrected chi connectivity index (χ1v) is 3.52. The summed E-state index contributed by atoms with van der Waals surface area (Å²) in [5.74, 6) is 0. The molecule has 4 nitrogen and oxygen atoms in total. The van der Waals surface area contributed by atoms with Gasteiger partial charge in [-0.15, -0.1) is 12.4 Å². The number of halogens is 1. The maximum atomic E-state index is 8.71. The monoisotopic (exact) mass is 194 g/mol. The fourth-order valence-electron chi connectivity index (χ4n) is 1.10. The van der Waals surface area contributed by atoms with Gasteiger partial charge in [0.2, 0.25) is 0 Å². The number of imidazole rings is 1. The molecule has 0 atom stereocenters. The van der Waals surface area contributed by atoms with E-state index < -0.39 is 0 Å². The number of nitrogens with zero attached hydrogens (tertiary/aromatic N) is 4. The minimum absolute atomic E-state index is 0. The number of fused-ring (bicyclic) bond motifs is 1. The number of hydrogen-bond donors (Lipinski definition) is 0. The Hall–Kier alpha value is -1.60. The molecule has 0 amide bonds. The number of hydrogen-bond acceptors (Lipinski definition) is 3. The van der Waals surface area contributed by atoms with Crippen LogP contribution >= 0.6 is 12.4 Å². The Morgan fingerprint density at radius 2 is 2.31 bits per heavy atom. The predicted octanol–water partition coefficient (Wildman–Crippen LogP) is 1.33. The van der Waals surface area contributed by atoms with Crippen LogP contribution in [0.4, 0.5) is 0 Å². The second-order valence-corrected chi connectivity index (χ2v) is 2.51. The zero-order chi connectivity index (χ0) is 8.55. The first-order valence-electron chi connectivity index (χ1n) is 3.52. The molecule has 13 heavy (non-hydrogen) atoms. The average molecular weight is 195 g/mol. The second kappa shape index (κ2) is 3.42. The lowest BCUT2D eigenvalue weighted by Crippen LogP contribution is -1.91. The second-order valence-electron chi connectivity index (χ2n) is 2.51. The van der Waals surface area contributed by atoms with Gasteiger partial charge in [-0.05, 0) is 13.0 Å². The van der Waals surface area contributed by atoms with E-state index in [0.29, 0.717) is 11.2 Å². The SMILES string of the molecule is Cc1cn2nccc(C#N)c2n1.Cl. The van der Waals surface area contributed by atoms with Gasteiger partial charge >= 0.3 is 0 Å². The lowest BCUT2D eigenvalue weighted by Gasteiger charge is -1.90. The van der Waals surface area contributed by atoms with E-state index in [1.807, 2.05) is 6.92 Å². The summed E-state index contributed by atoms with van der Waals surface area (Å²) in [7, 11) is 0. The number of rotatable bonds is 0. The quantitative estimate of drug-likeness (QED) is 0.636. The Morgan fingerprint density at radius 3 is 3.00 bits per heavy atom. The fourth-order valence-corrected chi connectivity index (χ4v) is 1.10. The Morgan fingerprint density at radius 1 is 1.54 bits per heavy atom. The third-order valence-electron chi connectivity index (χ3n) is 1.60. The molecule has 2 heterocycles. The molecule has 0 aliphatic heterocycles. The summed E-state index contributed by atoms with van der Waals surface area (Å²) in [6.45, 7) is 1.87. The van der Waals surface area contributed by atoms with Gasteiger partial charge in [-0.25, -0.2) is 9.50 Å². The van der Waals surface area contributed by atoms with E-state index in [1.54, 1.807) is 23.0 Å². The lowest BCUT2D eigenvalue weighted by atomic mass is 10.3. The van der Waals surface area contributed by atoms with Crippen molar-refractivity contribution in [2.24, 2.45) is 0 Å². The van der Waals surface area contributed by atoms with Crippen LogP contribution in [-0.4, -0.2) is 14.6 Å². The van der Waals surface area contributed by atoms with E-state index in [4.69, 9.17) is 5.26 Å². The van der Waals surface area contributed by atoms with Crippen LogP contribution in [0.3, 0.4) is 0 Å². The van der Waals surface area contributed by atoms with Crippen LogP contribution < -0.4 is 0 Å². The van der Waals surface area contributed by atoms with Crippen molar-refractivity contribution in [3.8, 4) is 6.07 Å². The zero-order valence-electron chi connectivity index (χ0n) is 6.93. The van der Waals surface area contributed by atoms with Crippen LogP contribution in [0.2, 0.25) is 0 Å². The highest BCUT2D eigenvalue weighted by Crippen LogP contribution is 2.06. The molecule has 0 aliphatic rings. The van der Waals surface area contributed by atoms with Gasteiger partial charge in [0.25, 0.3) is 0 Å². The molecular weight excluding hydrogens is 188 g/mol.